The van der Waals surface area contributed by atoms with Gasteiger partial charge in [-0.15, -0.1) is 0 Å². The molecule has 0 unspecified atom stereocenters. The number of hydrazone groups is 1. The summed E-state index contributed by atoms with van der Waals surface area (Å²) < 4.78 is 5.25. The average molecular weight is 329 g/mol. The van der Waals surface area contributed by atoms with Gasteiger partial charge in [0.15, 0.2) is 0 Å². The summed E-state index contributed by atoms with van der Waals surface area (Å²) in [6.07, 6.45) is 1.29. The Morgan fingerprint density at radius 1 is 1.33 bits per heavy atom. The molecule has 8 nitrogen and oxygen atoms in total. The van der Waals surface area contributed by atoms with Gasteiger partial charge in [0.05, 0.1) is 17.7 Å². The van der Waals surface area contributed by atoms with Crippen molar-refractivity contribution in [2.24, 2.45) is 5.10 Å². The highest BCUT2D eigenvalue weighted by Gasteiger charge is 2.08. The number of hydrogen-bond acceptors (Lipinski definition) is 6. The second kappa shape index (κ2) is 7.73. The highest BCUT2D eigenvalue weighted by molar-refractivity contribution is 5.95. The van der Waals surface area contributed by atoms with Crippen LogP contribution in [0.1, 0.15) is 22.8 Å². The largest absolute Gasteiger partial charge is 0.507 e. The van der Waals surface area contributed by atoms with Gasteiger partial charge in [-0.05, 0) is 31.2 Å². The Balaban J connectivity index is 2.00. The van der Waals surface area contributed by atoms with Crippen molar-refractivity contribution in [3.8, 4) is 11.5 Å². The van der Waals surface area contributed by atoms with Crippen LogP contribution in [0.2, 0.25) is 0 Å². The number of nitrogens with zero attached hydrogens (tertiary/aromatic N) is 2. The van der Waals surface area contributed by atoms with Crippen LogP contribution in [0.15, 0.2) is 47.6 Å². The van der Waals surface area contributed by atoms with Gasteiger partial charge >= 0.3 is 0 Å². The van der Waals surface area contributed by atoms with Crippen LogP contribution in [0, 0.1) is 10.1 Å². The number of non-ortho nitro benzene ring substituents is 1. The van der Waals surface area contributed by atoms with Crippen LogP contribution in [0.4, 0.5) is 5.69 Å². The van der Waals surface area contributed by atoms with E-state index in [1.807, 2.05) is 6.92 Å². The Hall–Kier alpha value is -3.42. The lowest BCUT2D eigenvalue weighted by molar-refractivity contribution is -0.384. The van der Waals surface area contributed by atoms with E-state index >= 15 is 0 Å². The second-order valence-electron chi connectivity index (χ2n) is 4.66. The zero-order chi connectivity index (χ0) is 17.5. The number of carbonyl (C=O) groups excluding carboxylic acids is 1. The van der Waals surface area contributed by atoms with Crippen LogP contribution in [-0.4, -0.2) is 28.8 Å². The van der Waals surface area contributed by atoms with Gasteiger partial charge in [0.2, 0.25) is 0 Å². The van der Waals surface area contributed by atoms with E-state index in [9.17, 15) is 20.0 Å². The maximum Gasteiger partial charge on any atom is 0.271 e. The van der Waals surface area contributed by atoms with Crippen LogP contribution in [0.3, 0.4) is 0 Å². The predicted octanol–water partition coefficient (Wildman–Crippen LogP) is 2.46. The van der Waals surface area contributed by atoms with Crippen LogP contribution in [0.5, 0.6) is 11.5 Å². The van der Waals surface area contributed by atoms with Crippen molar-refractivity contribution in [3.05, 3.63) is 63.7 Å². The minimum Gasteiger partial charge on any atom is -0.507 e. The maximum atomic E-state index is 11.9. The fraction of sp³-hybridized carbons (Fsp3) is 0.125. The number of nitrogens with one attached hydrogen (secondary N) is 1. The fourth-order valence-electron chi connectivity index (χ4n) is 1.85. The van der Waals surface area contributed by atoms with E-state index in [-0.39, 0.29) is 17.0 Å². The van der Waals surface area contributed by atoms with Gasteiger partial charge in [-0.1, -0.05) is 0 Å². The van der Waals surface area contributed by atoms with E-state index < -0.39 is 10.8 Å². The normalized spacial score (nSPS) is 10.5. The molecule has 0 heterocycles. The molecular weight excluding hydrogens is 314 g/mol. The molecule has 2 rings (SSSR count). The standard InChI is InChI=1S/C16H15N3O5/c1-2-24-14-8-5-12(15(20)9-14)10-17-18-16(21)11-3-6-13(7-4-11)19(22)23/h3-10,20H,2H2,1H3,(H,18,21)/b17-10-. The van der Waals surface area contributed by atoms with Crippen LogP contribution < -0.4 is 10.2 Å². The maximum absolute atomic E-state index is 11.9. The first-order valence-corrected chi connectivity index (χ1v) is 7.05. The summed E-state index contributed by atoms with van der Waals surface area (Å²) in [6, 6.07) is 9.84. The Kier molecular flexibility index (Phi) is 5.45. The first-order valence-electron chi connectivity index (χ1n) is 7.05. The smallest absolute Gasteiger partial charge is 0.271 e. The number of rotatable bonds is 6. The summed E-state index contributed by atoms with van der Waals surface area (Å²) >= 11 is 0. The van der Waals surface area contributed by atoms with E-state index in [4.69, 9.17) is 4.74 Å². The summed E-state index contributed by atoms with van der Waals surface area (Å²) in [5, 5.41) is 24.1. The third-order valence-corrected chi connectivity index (χ3v) is 3.02. The van der Waals surface area contributed by atoms with Gasteiger partial charge in [-0.25, -0.2) is 5.43 Å². The second-order valence-corrected chi connectivity index (χ2v) is 4.66. The minimum atomic E-state index is -0.547. The number of phenols is 1. The predicted molar refractivity (Wildman–Crippen MR) is 87.4 cm³/mol. The lowest BCUT2D eigenvalue weighted by Crippen LogP contribution is -2.17. The zero-order valence-electron chi connectivity index (χ0n) is 12.8. The molecule has 0 aromatic heterocycles. The van der Waals surface area contributed by atoms with Gasteiger partial charge in [0.1, 0.15) is 11.5 Å². The van der Waals surface area contributed by atoms with Crippen molar-refractivity contribution in [1.82, 2.24) is 5.43 Å². The summed E-state index contributed by atoms with van der Waals surface area (Å²) in [5.74, 6) is -0.0251. The molecule has 124 valence electrons. The van der Waals surface area contributed by atoms with Crippen LogP contribution in [-0.2, 0) is 0 Å². The quantitative estimate of drug-likeness (QED) is 0.480. The summed E-state index contributed by atoms with van der Waals surface area (Å²) in [6.45, 7) is 2.32. The molecule has 0 spiro atoms. The molecular formula is C16H15N3O5. The van der Waals surface area contributed by atoms with Crippen molar-refractivity contribution < 1.29 is 19.6 Å². The topological polar surface area (TPSA) is 114 Å². The van der Waals surface area contributed by atoms with Gasteiger partial charge in [0.25, 0.3) is 11.6 Å². The van der Waals surface area contributed by atoms with Gasteiger partial charge < -0.3 is 9.84 Å². The molecule has 2 aromatic carbocycles. The Morgan fingerprint density at radius 2 is 2.04 bits per heavy atom. The Labute approximate surface area is 137 Å². The molecule has 0 saturated carbocycles. The molecule has 0 atom stereocenters. The van der Waals surface area contributed by atoms with Gasteiger partial charge in [0, 0.05) is 29.3 Å². The number of nitro benzene ring substituents is 1. The molecule has 2 N–H and O–H groups in total. The van der Waals surface area contributed by atoms with E-state index in [0.717, 1.165) is 0 Å². The van der Waals surface area contributed by atoms with E-state index in [2.05, 4.69) is 10.5 Å². The molecule has 0 bridgehead atoms. The number of nitro groups is 1. The highest BCUT2D eigenvalue weighted by Crippen LogP contribution is 2.22. The van der Waals surface area contributed by atoms with Gasteiger partial charge in [-0.2, -0.15) is 5.10 Å². The van der Waals surface area contributed by atoms with E-state index in [0.29, 0.717) is 17.9 Å². The van der Waals surface area contributed by atoms with Crippen molar-refractivity contribution >= 4 is 17.8 Å². The lowest BCUT2D eigenvalue weighted by Gasteiger charge is -2.05. The molecule has 8 heteroatoms. The van der Waals surface area contributed by atoms with Crippen LogP contribution >= 0.6 is 0 Å². The van der Waals surface area contributed by atoms with Crippen LogP contribution in [0.25, 0.3) is 0 Å². The average Bonchev–Trinajstić information content (AvgIpc) is 2.57. The number of benzene rings is 2. The first kappa shape index (κ1) is 16.9. The number of carbonyl (C=O) groups is 1. The van der Waals surface area contributed by atoms with E-state index in [1.54, 1.807) is 12.1 Å². The van der Waals surface area contributed by atoms with Crippen molar-refractivity contribution in [2.45, 2.75) is 6.92 Å². The first-order chi connectivity index (χ1) is 11.5. The summed E-state index contributed by atoms with van der Waals surface area (Å²) in [4.78, 5) is 21.9. The number of amides is 1. The third-order valence-electron chi connectivity index (χ3n) is 3.02. The Morgan fingerprint density at radius 3 is 2.62 bits per heavy atom. The molecule has 0 radical (unpaired) electrons. The van der Waals surface area contributed by atoms with Crippen molar-refractivity contribution in [3.63, 3.8) is 0 Å². The lowest BCUT2D eigenvalue weighted by atomic mass is 10.2. The number of aromatic hydroxyl groups is 1. The summed E-state index contributed by atoms with van der Waals surface area (Å²) in [7, 11) is 0. The van der Waals surface area contributed by atoms with Crippen molar-refractivity contribution in [1.29, 1.82) is 0 Å². The SMILES string of the molecule is CCOc1ccc(/C=N\NC(=O)c2ccc([N+](=O)[O-])cc2)c(O)c1. The monoisotopic (exact) mass is 329 g/mol. The minimum absolute atomic E-state index is 0.0331. The molecule has 1 amide bonds. The molecule has 0 aliphatic heterocycles. The molecule has 0 aliphatic rings. The molecule has 0 fully saturated rings. The molecule has 0 saturated heterocycles. The Bertz CT molecular complexity index is 772. The highest BCUT2D eigenvalue weighted by atomic mass is 16.6. The molecule has 24 heavy (non-hydrogen) atoms. The molecule has 2 aromatic rings. The van der Waals surface area contributed by atoms with E-state index in [1.165, 1.54) is 36.5 Å². The summed E-state index contributed by atoms with van der Waals surface area (Å²) in [5.41, 5.74) is 2.81. The van der Waals surface area contributed by atoms with Crippen molar-refractivity contribution in [2.75, 3.05) is 6.61 Å². The van der Waals surface area contributed by atoms with Gasteiger partial charge in [-0.3, -0.25) is 14.9 Å². The molecule has 0 aliphatic carbocycles. The zero-order valence-corrected chi connectivity index (χ0v) is 12.8. The number of phenolic OH excluding ortho intramolecular Hbond substituents is 1. The number of ether oxygens (including phenoxy) is 1. The third kappa shape index (κ3) is 4.29. The number of hydrogen-bond donors (Lipinski definition) is 2. The fourth-order valence-corrected chi connectivity index (χ4v) is 1.85.